The average Bonchev–Trinajstić information content (AvgIpc) is 2.47. The molecule has 2 nitrogen and oxygen atoms in total. The average molecular weight is 280 g/mol. The second kappa shape index (κ2) is 5.72. The summed E-state index contributed by atoms with van der Waals surface area (Å²) in [6, 6.07) is 15.0. The third-order valence-corrected chi connectivity index (χ3v) is 4.39. The van der Waals surface area contributed by atoms with Gasteiger partial charge >= 0.3 is 5.97 Å². The van der Waals surface area contributed by atoms with Crippen molar-refractivity contribution in [3.63, 3.8) is 0 Å². The molecule has 21 heavy (non-hydrogen) atoms. The third-order valence-electron chi connectivity index (χ3n) is 4.39. The summed E-state index contributed by atoms with van der Waals surface area (Å²) in [5.74, 6) is -0.537. The maximum atomic E-state index is 11.1. The van der Waals surface area contributed by atoms with Gasteiger partial charge in [-0.25, -0.2) is 0 Å². The van der Waals surface area contributed by atoms with Crippen LogP contribution in [0.1, 0.15) is 41.9 Å². The Morgan fingerprint density at radius 2 is 1.86 bits per heavy atom. The van der Waals surface area contributed by atoms with E-state index >= 15 is 0 Å². The van der Waals surface area contributed by atoms with Crippen molar-refractivity contribution in [1.82, 2.24) is 0 Å². The molecule has 0 spiro atoms. The second-order valence-electron chi connectivity index (χ2n) is 5.97. The zero-order chi connectivity index (χ0) is 14.8. The first-order chi connectivity index (χ1) is 10.1. The fourth-order valence-electron chi connectivity index (χ4n) is 3.25. The minimum atomic E-state index is -0.700. The third kappa shape index (κ3) is 2.99. The van der Waals surface area contributed by atoms with E-state index in [1.165, 1.54) is 27.8 Å². The van der Waals surface area contributed by atoms with Crippen LogP contribution < -0.4 is 0 Å². The van der Waals surface area contributed by atoms with Crippen LogP contribution in [0.2, 0.25) is 0 Å². The number of carbonyl (C=O) groups is 1. The van der Waals surface area contributed by atoms with Crippen LogP contribution in [-0.4, -0.2) is 11.1 Å². The number of benzene rings is 2. The van der Waals surface area contributed by atoms with E-state index in [-0.39, 0.29) is 12.3 Å². The van der Waals surface area contributed by atoms with E-state index < -0.39 is 5.97 Å². The molecule has 2 aromatic carbocycles. The molecular weight excluding hydrogens is 260 g/mol. The zero-order valence-electron chi connectivity index (χ0n) is 12.3. The first-order valence-electron chi connectivity index (χ1n) is 7.55. The van der Waals surface area contributed by atoms with E-state index in [0.717, 1.165) is 19.3 Å². The second-order valence-corrected chi connectivity index (χ2v) is 5.97. The fraction of sp³-hybridized carbons (Fsp3) is 0.316. The van der Waals surface area contributed by atoms with Gasteiger partial charge < -0.3 is 5.11 Å². The molecule has 1 unspecified atom stereocenters. The predicted octanol–water partition coefficient (Wildman–Crippen LogP) is 4.56. The monoisotopic (exact) mass is 280 g/mol. The van der Waals surface area contributed by atoms with Crippen molar-refractivity contribution in [2.24, 2.45) is 0 Å². The van der Waals surface area contributed by atoms with E-state index in [1.807, 2.05) is 0 Å². The summed E-state index contributed by atoms with van der Waals surface area (Å²) in [7, 11) is 0. The summed E-state index contributed by atoms with van der Waals surface area (Å²) in [5.41, 5.74) is 6.19. The normalized spacial score (nSPS) is 17.3. The lowest BCUT2D eigenvalue weighted by Crippen LogP contribution is -2.13. The Morgan fingerprint density at radius 3 is 2.57 bits per heavy atom. The quantitative estimate of drug-likeness (QED) is 0.895. The molecule has 2 aromatic rings. The molecule has 0 heterocycles. The minimum Gasteiger partial charge on any atom is -0.481 e. The van der Waals surface area contributed by atoms with Crippen LogP contribution in [0.4, 0.5) is 0 Å². The molecule has 1 N–H and O–H groups in total. The Hall–Kier alpha value is -2.09. The van der Waals surface area contributed by atoms with Crippen molar-refractivity contribution in [2.75, 3.05) is 0 Å². The van der Waals surface area contributed by atoms with Crippen molar-refractivity contribution in [3.8, 4) is 11.1 Å². The van der Waals surface area contributed by atoms with E-state index in [2.05, 4.69) is 49.4 Å². The van der Waals surface area contributed by atoms with Crippen LogP contribution >= 0.6 is 0 Å². The fourth-order valence-corrected chi connectivity index (χ4v) is 3.25. The number of fused-ring (bicyclic) bond motifs is 1. The minimum absolute atomic E-state index is 0.164. The maximum Gasteiger partial charge on any atom is 0.303 e. The largest absolute Gasteiger partial charge is 0.481 e. The number of aliphatic carboxylic acids is 1. The summed E-state index contributed by atoms with van der Waals surface area (Å²) in [6.45, 7) is 2.08. The van der Waals surface area contributed by atoms with Gasteiger partial charge in [-0.05, 0) is 54.4 Å². The van der Waals surface area contributed by atoms with Crippen molar-refractivity contribution in [2.45, 2.75) is 38.5 Å². The molecule has 0 saturated heterocycles. The van der Waals surface area contributed by atoms with Crippen molar-refractivity contribution >= 4 is 5.97 Å². The lowest BCUT2D eigenvalue weighted by Gasteiger charge is -2.25. The van der Waals surface area contributed by atoms with Gasteiger partial charge in [0, 0.05) is 0 Å². The number of rotatable bonds is 3. The highest BCUT2D eigenvalue weighted by atomic mass is 16.4. The smallest absolute Gasteiger partial charge is 0.303 e. The highest BCUT2D eigenvalue weighted by Crippen LogP contribution is 2.36. The Morgan fingerprint density at radius 1 is 1.14 bits per heavy atom. The maximum absolute atomic E-state index is 11.1. The van der Waals surface area contributed by atoms with Crippen LogP contribution in [0, 0.1) is 6.92 Å². The Kier molecular flexibility index (Phi) is 3.78. The van der Waals surface area contributed by atoms with Crippen LogP contribution in [0.25, 0.3) is 11.1 Å². The number of carboxylic acid groups (broad SMARTS) is 1. The van der Waals surface area contributed by atoms with Gasteiger partial charge in [0.2, 0.25) is 0 Å². The SMILES string of the molecule is Cc1ccc(-c2ccc3c(c2)C(CC(=O)O)CCC3)cc1. The molecule has 0 amide bonds. The van der Waals surface area contributed by atoms with E-state index in [1.54, 1.807) is 0 Å². The highest BCUT2D eigenvalue weighted by Gasteiger charge is 2.22. The van der Waals surface area contributed by atoms with Crippen LogP contribution in [0.3, 0.4) is 0 Å². The van der Waals surface area contributed by atoms with Crippen molar-refractivity contribution in [3.05, 3.63) is 59.2 Å². The molecule has 0 bridgehead atoms. The molecule has 2 heteroatoms. The lowest BCUT2D eigenvalue weighted by atomic mass is 9.80. The molecular formula is C19H20O2. The summed E-state index contributed by atoms with van der Waals surface area (Å²) in [4.78, 5) is 11.1. The lowest BCUT2D eigenvalue weighted by molar-refractivity contribution is -0.137. The van der Waals surface area contributed by atoms with E-state index in [0.29, 0.717) is 0 Å². The van der Waals surface area contributed by atoms with Gasteiger partial charge in [-0.1, -0.05) is 48.0 Å². The van der Waals surface area contributed by atoms with Gasteiger partial charge in [-0.3, -0.25) is 4.79 Å². The van der Waals surface area contributed by atoms with Crippen molar-refractivity contribution in [1.29, 1.82) is 0 Å². The van der Waals surface area contributed by atoms with Gasteiger partial charge in [-0.15, -0.1) is 0 Å². The topological polar surface area (TPSA) is 37.3 Å². The van der Waals surface area contributed by atoms with Gasteiger partial charge in [0.05, 0.1) is 6.42 Å². The predicted molar refractivity (Wildman–Crippen MR) is 84.5 cm³/mol. The first kappa shape index (κ1) is 13.9. The molecule has 0 aromatic heterocycles. The van der Waals surface area contributed by atoms with Crippen LogP contribution in [0.15, 0.2) is 42.5 Å². The first-order valence-corrected chi connectivity index (χ1v) is 7.55. The van der Waals surface area contributed by atoms with Gasteiger partial charge in [0.1, 0.15) is 0 Å². The summed E-state index contributed by atoms with van der Waals surface area (Å²) in [6.07, 6.45) is 3.38. The molecule has 1 aliphatic rings. The Bertz CT molecular complexity index is 656. The molecule has 1 atom stereocenters. The van der Waals surface area contributed by atoms with Gasteiger partial charge in [0.15, 0.2) is 0 Å². The Labute approximate surface area is 125 Å². The Balaban J connectivity index is 1.98. The number of hydrogen-bond acceptors (Lipinski definition) is 1. The zero-order valence-corrected chi connectivity index (χ0v) is 12.3. The number of aryl methyl sites for hydroxylation is 2. The van der Waals surface area contributed by atoms with E-state index in [4.69, 9.17) is 5.11 Å². The number of hydrogen-bond donors (Lipinski definition) is 1. The van der Waals surface area contributed by atoms with Crippen LogP contribution in [-0.2, 0) is 11.2 Å². The number of carboxylic acids is 1. The van der Waals surface area contributed by atoms with E-state index in [9.17, 15) is 4.79 Å². The van der Waals surface area contributed by atoms with Crippen molar-refractivity contribution < 1.29 is 9.90 Å². The van der Waals surface area contributed by atoms with Crippen LogP contribution in [0.5, 0.6) is 0 Å². The molecule has 108 valence electrons. The molecule has 0 fully saturated rings. The summed E-state index contributed by atoms with van der Waals surface area (Å²) < 4.78 is 0. The highest BCUT2D eigenvalue weighted by molar-refractivity contribution is 5.70. The molecule has 1 aliphatic carbocycles. The molecule has 0 radical (unpaired) electrons. The van der Waals surface area contributed by atoms with Gasteiger partial charge in [0.25, 0.3) is 0 Å². The standard InChI is InChI=1S/C19H20O2/c1-13-5-7-14(8-6-13)16-10-9-15-3-2-4-17(12-19(20)21)18(15)11-16/h5-11,17H,2-4,12H2,1H3,(H,20,21). The van der Waals surface area contributed by atoms with Gasteiger partial charge in [-0.2, -0.15) is 0 Å². The summed E-state index contributed by atoms with van der Waals surface area (Å²) >= 11 is 0. The molecule has 0 saturated carbocycles. The molecule has 3 rings (SSSR count). The molecule has 0 aliphatic heterocycles. The summed E-state index contributed by atoms with van der Waals surface area (Å²) in [5, 5.41) is 9.11.